The lowest BCUT2D eigenvalue weighted by Gasteiger charge is -2.06. The van der Waals surface area contributed by atoms with Gasteiger partial charge in [0.2, 0.25) is 0 Å². The summed E-state index contributed by atoms with van der Waals surface area (Å²) in [5, 5.41) is 3.55. The third kappa shape index (κ3) is 7.41. The van der Waals surface area contributed by atoms with Gasteiger partial charge < -0.3 is 14.3 Å². The monoisotopic (exact) mass is 381 g/mol. The fourth-order valence-electron chi connectivity index (χ4n) is 2.12. The molecule has 0 aliphatic carbocycles. The number of hydrogen-bond donors (Lipinski definition) is 0. The normalized spacial score (nSPS) is 11.8. The Bertz CT molecular complexity index is 875. The number of esters is 1. The van der Waals surface area contributed by atoms with Gasteiger partial charge in [0, 0.05) is 18.8 Å². The molecule has 2 aromatic rings. The predicted molar refractivity (Wildman–Crippen MR) is 108 cm³/mol. The zero-order valence-corrected chi connectivity index (χ0v) is 15.8. The summed E-state index contributed by atoms with van der Waals surface area (Å²) in [5.41, 5.74) is 2.60. The maximum absolute atomic E-state index is 11.6. The first-order chi connectivity index (χ1) is 13.7. The summed E-state index contributed by atoms with van der Waals surface area (Å²) in [6.07, 6.45) is 10.9. The number of carbonyl (C=O) groups is 1. The molecule has 0 radical (unpaired) electrons. The van der Waals surface area contributed by atoms with Gasteiger partial charge in [-0.25, -0.2) is 9.78 Å². The van der Waals surface area contributed by atoms with Crippen LogP contribution in [0.5, 0.6) is 0 Å². The lowest BCUT2D eigenvalue weighted by atomic mass is 10.2. The van der Waals surface area contributed by atoms with Crippen molar-refractivity contribution in [2.45, 2.75) is 13.3 Å². The van der Waals surface area contributed by atoms with E-state index < -0.39 is 5.97 Å². The number of fused-ring (bicyclic) bond motifs is 1. The van der Waals surface area contributed by atoms with Crippen molar-refractivity contribution in [2.75, 3.05) is 19.8 Å². The predicted octanol–water partition coefficient (Wildman–Crippen LogP) is 3.38. The highest BCUT2D eigenvalue weighted by atomic mass is 16.6. The number of benzene rings is 1. The second-order valence-corrected chi connectivity index (χ2v) is 5.46. The van der Waals surface area contributed by atoms with Gasteiger partial charge in [-0.3, -0.25) is 4.98 Å². The molecule has 0 fully saturated rings. The quantitative estimate of drug-likeness (QED) is 0.148. The first kappa shape index (κ1) is 20.8. The average Bonchev–Trinajstić information content (AvgIpc) is 2.73. The molecule has 7 heteroatoms. The highest BCUT2D eigenvalue weighted by molar-refractivity contribution is 5.73. The minimum atomic E-state index is -0.493. The summed E-state index contributed by atoms with van der Waals surface area (Å²) < 4.78 is 10.3. The number of allylic oxidation sites excluding steroid dienone is 4. The summed E-state index contributed by atoms with van der Waals surface area (Å²) >= 11 is 0. The van der Waals surface area contributed by atoms with Crippen LogP contribution in [0.25, 0.3) is 11.0 Å². The van der Waals surface area contributed by atoms with Crippen molar-refractivity contribution < 1.29 is 19.1 Å². The number of carbonyl (C=O) groups excluding carboxylic acids is 1. The van der Waals surface area contributed by atoms with Crippen molar-refractivity contribution in [1.82, 2.24) is 9.97 Å². The molecule has 146 valence electrons. The number of para-hydroxylation sites is 2. The molecule has 1 heterocycles. The smallest absolute Gasteiger partial charge is 0.344 e. The van der Waals surface area contributed by atoms with E-state index in [1.807, 2.05) is 36.4 Å². The van der Waals surface area contributed by atoms with Crippen molar-refractivity contribution in [3.05, 3.63) is 72.8 Å². The topological polar surface area (TPSA) is 82.9 Å². The molecule has 0 atom stereocenters. The van der Waals surface area contributed by atoms with Gasteiger partial charge in [0.1, 0.15) is 12.4 Å². The van der Waals surface area contributed by atoms with Gasteiger partial charge in [-0.15, -0.1) is 0 Å². The Morgan fingerprint density at radius 2 is 2.04 bits per heavy atom. The van der Waals surface area contributed by atoms with Crippen LogP contribution in [0.3, 0.4) is 0 Å². The van der Waals surface area contributed by atoms with E-state index >= 15 is 0 Å². The van der Waals surface area contributed by atoms with Gasteiger partial charge in [-0.2, -0.15) is 0 Å². The summed E-state index contributed by atoms with van der Waals surface area (Å²) in [6.45, 7) is 5.49. The lowest BCUT2D eigenvalue weighted by Crippen LogP contribution is -2.15. The Kier molecular flexibility index (Phi) is 8.93. The third-order valence-corrected chi connectivity index (χ3v) is 3.40. The first-order valence-corrected chi connectivity index (χ1v) is 8.81. The third-order valence-electron chi connectivity index (χ3n) is 3.40. The number of ether oxygens (including phenoxy) is 2. The Morgan fingerprint density at radius 1 is 1.21 bits per heavy atom. The van der Waals surface area contributed by atoms with E-state index in [0.29, 0.717) is 12.2 Å². The number of hydrogen-bond acceptors (Lipinski definition) is 7. The van der Waals surface area contributed by atoms with E-state index in [9.17, 15) is 4.79 Å². The molecule has 0 aliphatic rings. The molecule has 0 saturated heterocycles. The van der Waals surface area contributed by atoms with Crippen LogP contribution in [0.15, 0.2) is 72.3 Å². The van der Waals surface area contributed by atoms with Crippen molar-refractivity contribution in [3.8, 4) is 0 Å². The van der Waals surface area contributed by atoms with Gasteiger partial charge in [-0.1, -0.05) is 36.0 Å². The lowest BCUT2D eigenvalue weighted by molar-refractivity contribution is -0.148. The second kappa shape index (κ2) is 12.0. The maximum atomic E-state index is 11.6. The van der Waals surface area contributed by atoms with E-state index in [0.717, 1.165) is 16.7 Å². The minimum Gasteiger partial charge on any atom is -0.482 e. The zero-order chi connectivity index (χ0) is 20.0. The molecular formula is C21H23N3O4. The number of oxime groups is 1. The van der Waals surface area contributed by atoms with Gasteiger partial charge in [0.25, 0.3) is 0 Å². The summed E-state index contributed by atoms with van der Waals surface area (Å²) in [7, 11) is 0. The van der Waals surface area contributed by atoms with Crippen LogP contribution in [0.4, 0.5) is 0 Å². The largest absolute Gasteiger partial charge is 0.482 e. The molecule has 2 rings (SSSR count). The maximum Gasteiger partial charge on any atom is 0.344 e. The molecule has 28 heavy (non-hydrogen) atoms. The molecule has 1 aromatic carbocycles. The van der Waals surface area contributed by atoms with Gasteiger partial charge in [-0.05, 0) is 31.2 Å². The molecule has 0 amide bonds. The summed E-state index contributed by atoms with van der Waals surface area (Å²) in [4.78, 5) is 25.3. The summed E-state index contributed by atoms with van der Waals surface area (Å²) in [5.74, 6) is -0.0307. The van der Waals surface area contributed by atoms with E-state index in [2.05, 4.69) is 21.7 Å². The fourth-order valence-corrected chi connectivity index (χ4v) is 2.12. The second-order valence-electron chi connectivity index (χ2n) is 5.46. The Hall–Kier alpha value is -3.48. The molecule has 0 N–H and O–H groups in total. The van der Waals surface area contributed by atoms with Gasteiger partial charge >= 0.3 is 5.97 Å². The Labute approximate surface area is 164 Å². The standard InChI is InChI=1S/C21H23N3O4/c1-3-18(27-16-21(25)26-13-14-28-23-4-2)10-6-5-9-17-15-22-19-11-7-8-12-20(19)24-17/h3-8,10-12,15H,1,9,13-14,16H2,2H3/b6-5+,18-10+,23-4?. The Balaban J connectivity index is 1.76. The molecule has 1 aromatic heterocycles. The van der Waals surface area contributed by atoms with Crippen LogP contribution in [-0.4, -0.2) is 42.0 Å². The van der Waals surface area contributed by atoms with Crippen molar-refractivity contribution in [1.29, 1.82) is 0 Å². The van der Waals surface area contributed by atoms with E-state index in [4.69, 9.17) is 14.3 Å². The van der Waals surface area contributed by atoms with Crippen molar-refractivity contribution in [3.63, 3.8) is 0 Å². The SMILES string of the molecule is C=C/C(=C\C=C\Cc1cnc2ccccc2n1)OCC(=O)OCCON=CC. The molecule has 0 unspecified atom stereocenters. The van der Waals surface area contributed by atoms with E-state index in [1.54, 1.807) is 19.2 Å². The van der Waals surface area contributed by atoms with E-state index in [1.165, 1.54) is 12.3 Å². The van der Waals surface area contributed by atoms with Crippen LogP contribution in [0.2, 0.25) is 0 Å². The summed E-state index contributed by atoms with van der Waals surface area (Å²) in [6, 6.07) is 7.73. The number of aromatic nitrogens is 2. The Morgan fingerprint density at radius 3 is 2.82 bits per heavy atom. The molecule has 0 saturated carbocycles. The molecule has 0 bridgehead atoms. The van der Waals surface area contributed by atoms with Crippen LogP contribution < -0.4 is 0 Å². The highest BCUT2D eigenvalue weighted by Gasteiger charge is 2.04. The molecule has 0 aliphatic heterocycles. The van der Waals surface area contributed by atoms with Gasteiger partial charge in [0.15, 0.2) is 13.2 Å². The fraction of sp³-hybridized carbons (Fsp3) is 0.238. The molecule has 7 nitrogen and oxygen atoms in total. The average molecular weight is 381 g/mol. The molecule has 0 spiro atoms. The minimum absolute atomic E-state index is 0.110. The van der Waals surface area contributed by atoms with Crippen LogP contribution in [0, 0.1) is 0 Å². The zero-order valence-electron chi connectivity index (χ0n) is 15.8. The van der Waals surface area contributed by atoms with Crippen LogP contribution >= 0.6 is 0 Å². The van der Waals surface area contributed by atoms with Crippen molar-refractivity contribution in [2.24, 2.45) is 5.16 Å². The van der Waals surface area contributed by atoms with E-state index in [-0.39, 0.29) is 19.8 Å². The molecular weight excluding hydrogens is 358 g/mol. The van der Waals surface area contributed by atoms with Crippen LogP contribution in [-0.2, 0) is 25.5 Å². The highest BCUT2D eigenvalue weighted by Crippen LogP contribution is 2.09. The van der Waals surface area contributed by atoms with Crippen LogP contribution in [0.1, 0.15) is 12.6 Å². The first-order valence-electron chi connectivity index (χ1n) is 8.81. The van der Waals surface area contributed by atoms with Crippen molar-refractivity contribution >= 4 is 23.2 Å². The number of nitrogens with zero attached hydrogens (tertiary/aromatic N) is 3. The van der Waals surface area contributed by atoms with Gasteiger partial charge in [0.05, 0.1) is 16.7 Å². The number of rotatable bonds is 11.